The topological polar surface area (TPSA) is 86.3 Å². The first-order valence-electron chi connectivity index (χ1n) is 5.76. The van der Waals surface area contributed by atoms with Crippen LogP contribution in [0.3, 0.4) is 0 Å². The van der Waals surface area contributed by atoms with Gasteiger partial charge in [-0.05, 0) is 26.8 Å². The van der Waals surface area contributed by atoms with Crippen LogP contribution < -0.4 is 11.1 Å². The van der Waals surface area contributed by atoms with Crippen molar-refractivity contribution in [2.45, 2.75) is 32.9 Å². The van der Waals surface area contributed by atoms with Gasteiger partial charge in [0.1, 0.15) is 5.69 Å². The lowest BCUT2D eigenvalue weighted by molar-refractivity contribution is -0.128. The van der Waals surface area contributed by atoms with Crippen molar-refractivity contribution in [1.82, 2.24) is 9.88 Å². The summed E-state index contributed by atoms with van der Waals surface area (Å²) in [5, 5.41) is 2.42. The molecule has 0 saturated carbocycles. The fourth-order valence-electron chi connectivity index (χ4n) is 1.57. The van der Waals surface area contributed by atoms with E-state index in [4.69, 9.17) is 10.5 Å². The van der Waals surface area contributed by atoms with Gasteiger partial charge in [0.05, 0.1) is 5.69 Å². The van der Waals surface area contributed by atoms with Gasteiger partial charge in [0.15, 0.2) is 6.10 Å². The summed E-state index contributed by atoms with van der Waals surface area (Å²) in [6, 6.07) is 1.62. The van der Waals surface area contributed by atoms with E-state index in [0.29, 0.717) is 11.4 Å². The van der Waals surface area contributed by atoms with E-state index in [2.05, 4.69) is 5.32 Å². The third-order valence-electron chi connectivity index (χ3n) is 2.53. The van der Waals surface area contributed by atoms with Crippen LogP contribution in [0.5, 0.6) is 0 Å². The second-order valence-corrected chi connectivity index (χ2v) is 4.32. The Labute approximate surface area is 106 Å². The quantitative estimate of drug-likeness (QED) is 0.782. The van der Waals surface area contributed by atoms with E-state index in [9.17, 15) is 9.59 Å². The molecule has 6 heteroatoms. The van der Waals surface area contributed by atoms with Crippen molar-refractivity contribution < 1.29 is 14.3 Å². The zero-order chi connectivity index (χ0) is 13.9. The molecule has 6 nitrogen and oxygen atoms in total. The first-order valence-corrected chi connectivity index (χ1v) is 5.76. The van der Waals surface area contributed by atoms with E-state index < -0.39 is 12.1 Å². The number of nitrogens with one attached hydrogen (secondary N) is 1. The van der Waals surface area contributed by atoms with Gasteiger partial charge in [0.2, 0.25) is 0 Å². The zero-order valence-corrected chi connectivity index (χ0v) is 11.1. The largest absolute Gasteiger partial charge is 0.448 e. The smallest absolute Gasteiger partial charge is 0.355 e. The Morgan fingerprint density at radius 3 is 2.50 bits per heavy atom. The van der Waals surface area contributed by atoms with Crippen LogP contribution >= 0.6 is 0 Å². The number of esters is 1. The van der Waals surface area contributed by atoms with Crippen LogP contribution in [-0.2, 0) is 9.53 Å². The predicted molar refractivity (Wildman–Crippen MR) is 68.2 cm³/mol. The third-order valence-corrected chi connectivity index (χ3v) is 2.53. The van der Waals surface area contributed by atoms with Gasteiger partial charge in [-0.1, -0.05) is 0 Å². The van der Waals surface area contributed by atoms with Gasteiger partial charge in [-0.25, -0.2) is 4.79 Å². The number of nitrogens with two attached hydrogens (primary N) is 1. The molecule has 3 N–H and O–H groups in total. The second kappa shape index (κ2) is 5.57. The number of nitrogen functional groups attached to an aromatic ring is 1. The summed E-state index contributed by atoms with van der Waals surface area (Å²) < 4.78 is 6.78. The minimum atomic E-state index is -0.834. The maximum absolute atomic E-state index is 11.9. The molecule has 100 valence electrons. The molecule has 1 unspecified atom stereocenters. The van der Waals surface area contributed by atoms with Crippen molar-refractivity contribution >= 4 is 17.6 Å². The van der Waals surface area contributed by atoms with Crippen LogP contribution in [0.1, 0.15) is 37.3 Å². The third kappa shape index (κ3) is 3.03. The van der Waals surface area contributed by atoms with Crippen molar-refractivity contribution in [2.75, 3.05) is 12.8 Å². The number of likely N-dealkylation sites (N-methyl/N-ethyl adjacent to an activating group) is 1. The molecule has 0 aliphatic heterocycles. The van der Waals surface area contributed by atoms with Gasteiger partial charge in [-0.3, -0.25) is 4.79 Å². The summed E-state index contributed by atoms with van der Waals surface area (Å²) in [4.78, 5) is 23.2. The number of aromatic nitrogens is 1. The highest BCUT2D eigenvalue weighted by atomic mass is 16.5. The van der Waals surface area contributed by atoms with Crippen LogP contribution in [0.4, 0.5) is 5.69 Å². The minimum absolute atomic E-state index is 0.0835. The second-order valence-electron chi connectivity index (χ2n) is 4.32. The van der Waals surface area contributed by atoms with E-state index in [1.54, 1.807) is 16.8 Å². The zero-order valence-electron chi connectivity index (χ0n) is 11.1. The predicted octanol–water partition coefficient (Wildman–Crippen LogP) is 0.942. The molecule has 0 fully saturated rings. The summed E-state index contributed by atoms with van der Waals surface area (Å²) in [6.45, 7) is 5.37. The fourth-order valence-corrected chi connectivity index (χ4v) is 1.57. The first kappa shape index (κ1) is 14.1. The van der Waals surface area contributed by atoms with E-state index in [1.165, 1.54) is 14.0 Å². The van der Waals surface area contributed by atoms with E-state index in [0.717, 1.165) is 0 Å². The molecule has 1 rings (SSSR count). The Morgan fingerprint density at radius 1 is 1.39 bits per heavy atom. The average Bonchev–Trinajstić information content (AvgIpc) is 2.70. The van der Waals surface area contributed by atoms with E-state index in [-0.39, 0.29) is 11.9 Å². The van der Waals surface area contributed by atoms with Crippen molar-refractivity contribution in [3.63, 3.8) is 0 Å². The fraction of sp³-hybridized carbons (Fsp3) is 0.500. The number of hydrogen-bond donors (Lipinski definition) is 2. The van der Waals surface area contributed by atoms with Crippen LogP contribution in [0.15, 0.2) is 12.3 Å². The molecule has 0 aliphatic rings. The number of nitrogens with zero attached hydrogens (tertiary/aromatic N) is 1. The summed E-state index contributed by atoms with van der Waals surface area (Å²) in [6.07, 6.45) is 0.838. The molecule has 0 aliphatic carbocycles. The Hall–Kier alpha value is -1.98. The molecule has 0 radical (unpaired) electrons. The number of ether oxygens (including phenoxy) is 1. The molecule has 18 heavy (non-hydrogen) atoms. The molecule has 1 amide bonds. The lowest BCUT2D eigenvalue weighted by Gasteiger charge is -2.15. The van der Waals surface area contributed by atoms with Gasteiger partial charge >= 0.3 is 5.97 Å². The highest BCUT2D eigenvalue weighted by Crippen LogP contribution is 2.17. The number of hydrogen-bond acceptors (Lipinski definition) is 4. The van der Waals surface area contributed by atoms with Crippen LogP contribution in [-0.4, -0.2) is 29.6 Å². The molecular weight excluding hydrogens is 234 g/mol. The standard InChI is InChI=1S/C12H19N3O3/c1-7(2)15-6-9(13)5-10(15)12(17)18-8(3)11(16)14-4/h5-8H,13H2,1-4H3,(H,14,16). The SMILES string of the molecule is CNC(=O)C(C)OC(=O)c1cc(N)cn1C(C)C. The Morgan fingerprint density at radius 2 is 2.00 bits per heavy atom. The van der Waals surface area contributed by atoms with Crippen LogP contribution in [0.25, 0.3) is 0 Å². The number of amides is 1. The van der Waals surface area contributed by atoms with Gasteiger partial charge in [0, 0.05) is 19.3 Å². The van der Waals surface area contributed by atoms with Gasteiger partial charge < -0.3 is 20.4 Å². The molecule has 0 aromatic carbocycles. The monoisotopic (exact) mass is 253 g/mol. The molecule has 1 aromatic rings. The van der Waals surface area contributed by atoms with Crippen LogP contribution in [0, 0.1) is 0 Å². The van der Waals surface area contributed by atoms with Gasteiger partial charge in [0.25, 0.3) is 5.91 Å². The number of carbonyl (C=O) groups is 2. The molecule has 0 spiro atoms. The molecular formula is C12H19N3O3. The Kier molecular flexibility index (Phi) is 4.36. The van der Waals surface area contributed by atoms with Gasteiger partial charge in [-0.15, -0.1) is 0 Å². The van der Waals surface area contributed by atoms with Crippen molar-refractivity contribution in [3.05, 3.63) is 18.0 Å². The van der Waals surface area contributed by atoms with E-state index >= 15 is 0 Å². The van der Waals surface area contributed by atoms with Gasteiger partial charge in [-0.2, -0.15) is 0 Å². The summed E-state index contributed by atoms with van der Waals surface area (Å²) >= 11 is 0. The molecule has 0 bridgehead atoms. The summed E-state index contributed by atoms with van der Waals surface area (Å²) in [5.41, 5.74) is 6.50. The van der Waals surface area contributed by atoms with Crippen molar-refractivity contribution in [3.8, 4) is 0 Å². The molecule has 1 heterocycles. The molecule has 0 saturated heterocycles. The number of anilines is 1. The van der Waals surface area contributed by atoms with Crippen LogP contribution in [0.2, 0.25) is 0 Å². The normalized spacial score (nSPS) is 12.3. The summed E-state index contributed by atoms with van der Waals surface area (Å²) in [7, 11) is 1.49. The Bertz CT molecular complexity index is 451. The van der Waals surface area contributed by atoms with Crippen molar-refractivity contribution in [1.29, 1.82) is 0 Å². The summed E-state index contributed by atoms with van der Waals surface area (Å²) in [5.74, 6) is -0.907. The maximum Gasteiger partial charge on any atom is 0.355 e. The highest BCUT2D eigenvalue weighted by Gasteiger charge is 2.21. The number of carbonyl (C=O) groups excluding carboxylic acids is 2. The molecule has 1 aromatic heterocycles. The highest BCUT2D eigenvalue weighted by molar-refractivity contribution is 5.91. The lowest BCUT2D eigenvalue weighted by atomic mass is 10.3. The Balaban J connectivity index is 2.87. The van der Waals surface area contributed by atoms with E-state index in [1.807, 2.05) is 13.8 Å². The first-order chi connectivity index (χ1) is 8.36. The lowest BCUT2D eigenvalue weighted by Crippen LogP contribution is -2.33. The minimum Gasteiger partial charge on any atom is -0.448 e. The molecule has 1 atom stereocenters. The average molecular weight is 253 g/mol. The maximum atomic E-state index is 11.9. The van der Waals surface area contributed by atoms with Crippen molar-refractivity contribution in [2.24, 2.45) is 0 Å². The number of rotatable bonds is 4.